The lowest BCUT2D eigenvalue weighted by atomic mass is 9.87. The van der Waals surface area contributed by atoms with Crippen molar-refractivity contribution in [2.75, 3.05) is 5.88 Å². The van der Waals surface area contributed by atoms with Crippen LogP contribution in [-0.2, 0) is 6.42 Å². The summed E-state index contributed by atoms with van der Waals surface area (Å²) in [5.41, 5.74) is 3.10. The second kappa shape index (κ2) is 4.94. The van der Waals surface area contributed by atoms with E-state index >= 15 is 0 Å². The molecule has 0 amide bonds. The third-order valence-electron chi connectivity index (χ3n) is 2.57. The van der Waals surface area contributed by atoms with E-state index in [0.717, 1.165) is 18.5 Å². The Balaban J connectivity index is 2.56. The quantitative estimate of drug-likeness (QED) is 0.553. The van der Waals surface area contributed by atoms with Gasteiger partial charge in [-0.1, -0.05) is 13.0 Å². The summed E-state index contributed by atoms with van der Waals surface area (Å²) in [6, 6.07) is 0. The van der Waals surface area contributed by atoms with Crippen molar-refractivity contribution in [3.8, 4) is 0 Å². The number of aryl methyl sites for hydroxylation is 2. The van der Waals surface area contributed by atoms with Crippen molar-refractivity contribution in [1.82, 2.24) is 4.98 Å². The molecule has 1 heterocycles. The maximum atomic E-state index is 5.91. The molecule has 0 fully saturated rings. The van der Waals surface area contributed by atoms with Gasteiger partial charge in [0.15, 0.2) is 0 Å². The van der Waals surface area contributed by atoms with Crippen molar-refractivity contribution in [3.63, 3.8) is 0 Å². The van der Waals surface area contributed by atoms with Gasteiger partial charge in [-0.15, -0.1) is 29.5 Å². The molecule has 0 radical (unpaired) electrons. The molecule has 0 aliphatic carbocycles. The first-order valence-corrected chi connectivity index (χ1v) is 6.11. The minimum atomic E-state index is 0.0536. The van der Waals surface area contributed by atoms with Crippen molar-refractivity contribution in [3.05, 3.63) is 28.7 Å². The molecule has 1 atom stereocenters. The third kappa shape index (κ3) is 2.82. The zero-order chi connectivity index (χ0) is 10.6. The molecule has 1 aromatic rings. The van der Waals surface area contributed by atoms with Crippen LogP contribution in [0.2, 0.25) is 0 Å². The molecule has 0 saturated carbocycles. The highest BCUT2D eigenvalue weighted by Crippen LogP contribution is 2.28. The van der Waals surface area contributed by atoms with Gasteiger partial charge in [-0.3, -0.25) is 0 Å². The fourth-order valence-electron chi connectivity index (χ4n) is 1.19. The molecule has 0 aliphatic rings. The van der Waals surface area contributed by atoms with Crippen LogP contribution in [0.4, 0.5) is 0 Å². The minimum Gasteiger partial charge on any atom is -0.250 e. The number of rotatable bonds is 5. The molecule has 3 heteroatoms. The Kier molecular flexibility index (Phi) is 4.14. The molecule has 1 aromatic heterocycles. The number of allylic oxidation sites excluding steroid dienone is 1. The maximum absolute atomic E-state index is 5.91. The predicted octanol–water partition coefficient (Wildman–Crippen LogP) is 3.82. The van der Waals surface area contributed by atoms with Crippen molar-refractivity contribution < 1.29 is 0 Å². The van der Waals surface area contributed by atoms with Crippen LogP contribution < -0.4 is 0 Å². The van der Waals surface area contributed by atoms with Crippen LogP contribution in [-0.4, -0.2) is 10.9 Å². The summed E-state index contributed by atoms with van der Waals surface area (Å²) in [7, 11) is 0. The lowest BCUT2D eigenvalue weighted by Crippen LogP contribution is -2.15. The summed E-state index contributed by atoms with van der Waals surface area (Å²) in [6.07, 6.45) is 4.05. The molecule has 1 nitrogen and oxygen atoms in total. The molecule has 0 aliphatic heterocycles. The molecule has 0 aromatic carbocycles. The van der Waals surface area contributed by atoms with Gasteiger partial charge in [0.05, 0.1) is 11.2 Å². The Morgan fingerprint density at radius 2 is 2.43 bits per heavy atom. The molecule has 0 N–H and O–H groups in total. The van der Waals surface area contributed by atoms with Gasteiger partial charge in [0.25, 0.3) is 0 Å². The smallest absolute Gasteiger partial charge is 0.0797 e. The number of thiazole rings is 1. The SMILES string of the molecule is C=CC(C)(CCl)CCc1scnc1C. The van der Waals surface area contributed by atoms with Gasteiger partial charge < -0.3 is 0 Å². The lowest BCUT2D eigenvalue weighted by Gasteiger charge is -2.21. The highest BCUT2D eigenvalue weighted by Gasteiger charge is 2.19. The largest absolute Gasteiger partial charge is 0.250 e. The van der Waals surface area contributed by atoms with Gasteiger partial charge in [-0.05, 0) is 25.2 Å². The van der Waals surface area contributed by atoms with Crippen LogP contribution in [0.1, 0.15) is 23.9 Å². The predicted molar refractivity (Wildman–Crippen MR) is 64.2 cm³/mol. The number of aromatic nitrogens is 1. The number of halogens is 1. The Bertz CT molecular complexity index is 308. The van der Waals surface area contributed by atoms with Gasteiger partial charge >= 0.3 is 0 Å². The zero-order valence-electron chi connectivity index (χ0n) is 8.72. The summed E-state index contributed by atoms with van der Waals surface area (Å²) in [6.45, 7) is 8.02. The Labute approximate surface area is 94.8 Å². The van der Waals surface area contributed by atoms with Crippen LogP contribution in [0.15, 0.2) is 18.2 Å². The molecule has 0 bridgehead atoms. The normalized spacial score (nSPS) is 15.1. The van der Waals surface area contributed by atoms with E-state index in [2.05, 4.69) is 25.4 Å². The van der Waals surface area contributed by atoms with Crippen LogP contribution in [0.3, 0.4) is 0 Å². The average molecular weight is 230 g/mol. The standard InChI is InChI=1S/C11H16ClNS/c1-4-11(3,7-12)6-5-10-9(2)13-8-14-10/h4,8H,1,5-7H2,2-3H3. The van der Waals surface area contributed by atoms with Crippen LogP contribution in [0.25, 0.3) is 0 Å². The summed E-state index contributed by atoms with van der Waals surface area (Å²) >= 11 is 7.63. The van der Waals surface area contributed by atoms with E-state index in [1.54, 1.807) is 11.3 Å². The maximum Gasteiger partial charge on any atom is 0.0797 e. The first-order valence-electron chi connectivity index (χ1n) is 4.70. The third-order valence-corrected chi connectivity index (χ3v) is 4.17. The summed E-state index contributed by atoms with van der Waals surface area (Å²) in [5, 5.41) is 0. The monoisotopic (exact) mass is 229 g/mol. The topological polar surface area (TPSA) is 12.9 Å². The van der Waals surface area contributed by atoms with Gasteiger partial charge in [0, 0.05) is 10.8 Å². The first-order chi connectivity index (χ1) is 6.61. The number of nitrogens with zero attached hydrogens (tertiary/aromatic N) is 1. The molecule has 14 heavy (non-hydrogen) atoms. The minimum absolute atomic E-state index is 0.0536. The van der Waals surface area contributed by atoms with Crippen molar-refractivity contribution >= 4 is 22.9 Å². The van der Waals surface area contributed by atoms with E-state index in [1.165, 1.54) is 4.88 Å². The van der Waals surface area contributed by atoms with Crippen molar-refractivity contribution in [2.24, 2.45) is 5.41 Å². The molecular formula is C11H16ClNS. The lowest BCUT2D eigenvalue weighted by molar-refractivity contribution is 0.447. The summed E-state index contributed by atoms with van der Waals surface area (Å²) in [4.78, 5) is 5.59. The molecule has 0 spiro atoms. The fourth-order valence-corrected chi connectivity index (χ4v) is 2.21. The van der Waals surface area contributed by atoms with Crippen LogP contribution >= 0.6 is 22.9 Å². The fraction of sp³-hybridized carbons (Fsp3) is 0.545. The van der Waals surface area contributed by atoms with Gasteiger partial charge in [0.1, 0.15) is 0 Å². The van der Waals surface area contributed by atoms with Gasteiger partial charge in [-0.25, -0.2) is 4.98 Å². The van der Waals surface area contributed by atoms with Crippen LogP contribution in [0.5, 0.6) is 0 Å². The second-order valence-electron chi connectivity index (χ2n) is 3.85. The van der Waals surface area contributed by atoms with E-state index in [4.69, 9.17) is 11.6 Å². The van der Waals surface area contributed by atoms with E-state index in [1.807, 2.05) is 11.6 Å². The van der Waals surface area contributed by atoms with Crippen molar-refractivity contribution in [2.45, 2.75) is 26.7 Å². The number of hydrogen-bond acceptors (Lipinski definition) is 2. The number of alkyl halides is 1. The Hall–Kier alpha value is -0.340. The highest BCUT2D eigenvalue weighted by atomic mass is 35.5. The van der Waals surface area contributed by atoms with E-state index in [0.29, 0.717) is 5.88 Å². The van der Waals surface area contributed by atoms with E-state index < -0.39 is 0 Å². The average Bonchev–Trinajstić information content (AvgIpc) is 2.61. The molecule has 1 rings (SSSR count). The van der Waals surface area contributed by atoms with E-state index in [-0.39, 0.29) is 5.41 Å². The number of hydrogen-bond donors (Lipinski definition) is 0. The Morgan fingerprint density at radius 3 is 2.86 bits per heavy atom. The Morgan fingerprint density at radius 1 is 1.71 bits per heavy atom. The van der Waals surface area contributed by atoms with Gasteiger partial charge in [-0.2, -0.15) is 0 Å². The highest BCUT2D eigenvalue weighted by molar-refractivity contribution is 7.09. The molecule has 78 valence electrons. The molecule has 0 saturated heterocycles. The van der Waals surface area contributed by atoms with Crippen molar-refractivity contribution in [1.29, 1.82) is 0 Å². The first kappa shape index (κ1) is 11.7. The molecule has 1 unspecified atom stereocenters. The van der Waals surface area contributed by atoms with Gasteiger partial charge in [0.2, 0.25) is 0 Å². The molecular weight excluding hydrogens is 214 g/mol. The van der Waals surface area contributed by atoms with E-state index in [9.17, 15) is 0 Å². The summed E-state index contributed by atoms with van der Waals surface area (Å²) in [5.74, 6) is 0.633. The zero-order valence-corrected chi connectivity index (χ0v) is 10.3. The van der Waals surface area contributed by atoms with Crippen LogP contribution in [0, 0.1) is 12.3 Å². The second-order valence-corrected chi connectivity index (χ2v) is 5.06. The summed E-state index contributed by atoms with van der Waals surface area (Å²) < 4.78 is 0.